The van der Waals surface area contributed by atoms with E-state index in [4.69, 9.17) is 0 Å². The molecule has 0 spiro atoms. The van der Waals surface area contributed by atoms with Crippen molar-refractivity contribution in [2.75, 3.05) is 16.8 Å². The molecular formula is C17H18N2OS. The molecule has 2 aromatic rings. The van der Waals surface area contributed by atoms with Crippen molar-refractivity contribution in [1.29, 1.82) is 0 Å². The van der Waals surface area contributed by atoms with Gasteiger partial charge in [-0.3, -0.25) is 4.90 Å². The molecule has 1 heterocycles. The molecule has 1 aliphatic heterocycles. The van der Waals surface area contributed by atoms with Crippen LogP contribution in [0.15, 0.2) is 53.4 Å². The molecule has 1 N–H and O–H groups in total. The van der Waals surface area contributed by atoms with Gasteiger partial charge in [-0.1, -0.05) is 36.8 Å². The molecule has 2 amide bonds. The Morgan fingerprint density at radius 3 is 2.67 bits per heavy atom. The van der Waals surface area contributed by atoms with Gasteiger partial charge in [-0.05, 0) is 31.2 Å². The molecule has 1 atom stereocenters. The van der Waals surface area contributed by atoms with E-state index in [0.717, 1.165) is 22.8 Å². The molecule has 3 rings (SSSR count). The lowest BCUT2D eigenvalue weighted by atomic mass is 10.2. The molecule has 0 saturated heterocycles. The topological polar surface area (TPSA) is 32.3 Å². The van der Waals surface area contributed by atoms with E-state index in [1.54, 1.807) is 0 Å². The van der Waals surface area contributed by atoms with Crippen LogP contribution in [0.5, 0.6) is 0 Å². The molecule has 3 nitrogen and oxygen atoms in total. The minimum atomic E-state index is -0.0709. The van der Waals surface area contributed by atoms with Crippen molar-refractivity contribution >= 4 is 29.2 Å². The maximum Gasteiger partial charge on any atom is 0.326 e. The average molecular weight is 298 g/mol. The van der Waals surface area contributed by atoms with E-state index in [2.05, 4.69) is 18.3 Å². The summed E-state index contributed by atoms with van der Waals surface area (Å²) in [5.41, 5.74) is 3.00. The molecule has 0 saturated carbocycles. The van der Waals surface area contributed by atoms with Crippen LogP contribution >= 0.6 is 11.8 Å². The molecule has 1 aliphatic rings. The summed E-state index contributed by atoms with van der Waals surface area (Å²) in [6.45, 7) is 4.90. The van der Waals surface area contributed by atoms with Crippen LogP contribution in [-0.2, 0) is 0 Å². The summed E-state index contributed by atoms with van der Waals surface area (Å²) in [6.07, 6.45) is 0. The number of carbonyl (C=O) groups excluding carboxylic acids is 1. The van der Waals surface area contributed by atoms with E-state index in [-0.39, 0.29) is 6.03 Å². The number of fused-ring (bicyclic) bond motifs is 1. The second-order valence-electron chi connectivity index (χ2n) is 5.30. The monoisotopic (exact) mass is 298 g/mol. The number of thioether (sulfide) groups is 1. The lowest BCUT2D eigenvalue weighted by molar-refractivity contribution is 0.256. The Labute approximate surface area is 129 Å². The van der Waals surface area contributed by atoms with Crippen molar-refractivity contribution in [2.45, 2.75) is 24.0 Å². The van der Waals surface area contributed by atoms with Crippen LogP contribution in [0.3, 0.4) is 0 Å². The number of nitrogens with one attached hydrogen (secondary N) is 1. The van der Waals surface area contributed by atoms with Crippen LogP contribution in [-0.4, -0.2) is 17.8 Å². The van der Waals surface area contributed by atoms with Crippen molar-refractivity contribution < 1.29 is 4.79 Å². The number of nitrogens with zero attached hydrogens (tertiary/aromatic N) is 1. The van der Waals surface area contributed by atoms with Crippen LogP contribution in [0, 0.1) is 6.92 Å². The molecule has 0 aromatic heterocycles. The lowest BCUT2D eigenvalue weighted by Crippen LogP contribution is -2.41. The minimum absolute atomic E-state index is 0.0709. The van der Waals surface area contributed by atoms with Gasteiger partial charge in [0.1, 0.15) is 0 Å². The lowest BCUT2D eigenvalue weighted by Gasteiger charge is -2.32. The number of para-hydroxylation sites is 1. The number of amides is 2. The largest absolute Gasteiger partial charge is 0.326 e. The van der Waals surface area contributed by atoms with Gasteiger partial charge in [0, 0.05) is 22.4 Å². The Bertz CT molecular complexity index is 654. The highest BCUT2D eigenvalue weighted by molar-refractivity contribution is 8.00. The standard InChI is InChI=1S/C17H18N2OS/c1-12-7-9-14(10-8-12)18-17(20)19-11-13(2)21-16-6-4-3-5-15(16)19/h3-10,13H,11H2,1-2H3,(H,18,20)/t13-/m0/s1. The van der Waals surface area contributed by atoms with E-state index >= 15 is 0 Å². The summed E-state index contributed by atoms with van der Waals surface area (Å²) in [6, 6.07) is 15.9. The van der Waals surface area contributed by atoms with E-state index in [1.807, 2.05) is 66.1 Å². The zero-order valence-electron chi connectivity index (χ0n) is 12.2. The van der Waals surface area contributed by atoms with Gasteiger partial charge in [-0.25, -0.2) is 4.79 Å². The molecule has 2 aromatic carbocycles. The number of anilines is 2. The van der Waals surface area contributed by atoms with Crippen molar-refractivity contribution in [1.82, 2.24) is 0 Å². The third-order valence-corrected chi connectivity index (χ3v) is 4.62. The van der Waals surface area contributed by atoms with Crippen molar-refractivity contribution in [3.8, 4) is 0 Å². The number of rotatable bonds is 1. The normalized spacial score (nSPS) is 17.2. The molecule has 4 heteroatoms. The van der Waals surface area contributed by atoms with Gasteiger partial charge in [0.25, 0.3) is 0 Å². The maximum atomic E-state index is 12.6. The average Bonchev–Trinajstić information content (AvgIpc) is 2.48. The summed E-state index contributed by atoms with van der Waals surface area (Å²) in [5.74, 6) is 0. The molecule has 0 aliphatic carbocycles. The fourth-order valence-corrected chi connectivity index (χ4v) is 3.52. The number of aryl methyl sites for hydroxylation is 1. The van der Waals surface area contributed by atoms with Crippen LogP contribution in [0.4, 0.5) is 16.2 Å². The molecule has 108 valence electrons. The maximum absolute atomic E-state index is 12.6. The number of hydrogen-bond donors (Lipinski definition) is 1. The number of carbonyl (C=O) groups is 1. The highest BCUT2D eigenvalue weighted by Gasteiger charge is 2.26. The Morgan fingerprint density at radius 2 is 1.90 bits per heavy atom. The van der Waals surface area contributed by atoms with E-state index in [1.165, 1.54) is 5.56 Å². The fourth-order valence-electron chi connectivity index (χ4n) is 2.41. The van der Waals surface area contributed by atoms with Gasteiger partial charge >= 0.3 is 6.03 Å². The SMILES string of the molecule is Cc1ccc(NC(=O)N2C[C@H](C)Sc3ccccc32)cc1. The number of benzene rings is 2. The first kappa shape index (κ1) is 14.0. The Hall–Kier alpha value is -1.94. The summed E-state index contributed by atoms with van der Waals surface area (Å²) >= 11 is 1.82. The molecule has 0 fully saturated rings. The third kappa shape index (κ3) is 3.05. The highest BCUT2D eigenvalue weighted by atomic mass is 32.2. The van der Waals surface area contributed by atoms with Crippen LogP contribution in [0.25, 0.3) is 0 Å². The Morgan fingerprint density at radius 1 is 1.19 bits per heavy atom. The van der Waals surface area contributed by atoms with Crippen LogP contribution in [0.1, 0.15) is 12.5 Å². The Kier molecular flexibility index (Phi) is 3.88. The summed E-state index contributed by atoms with van der Waals surface area (Å²) in [4.78, 5) is 15.6. The van der Waals surface area contributed by atoms with Gasteiger partial charge < -0.3 is 5.32 Å². The second kappa shape index (κ2) is 5.82. The van der Waals surface area contributed by atoms with Gasteiger partial charge in [0.15, 0.2) is 0 Å². The zero-order valence-corrected chi connectivity index (χ0v) is 13.0. The van der Waals surface area contributed by atoms with E-state index < -0.39 is 0 Å². The van der Waals surface area contributed by atoms with Crippen LogP contribution < -0.4 is 10.2 Å². The zero-order chi connectivity index (χ0) is 14.8. The minimum Gasteiger partial charge on any atom is -0.308 e. The predicted octanol–water partition coefficient (Wildman–Crippen LogP) is 4.53. The van der Waals surface area contributed by atoms with Crippen molar-refractivity contribution in [3.05, 3.63) is 54.1 Å². The highest BCUT2D eigenvalue weighted by Crippen LogP contribution is 2.38. The summed E-state index contributed by atoms with van der Waals surface area (Å²) in [5, 5.41) is 3.37. The molecule has 0 unspecified atom stereocenters. The second-order valence-corrected chi connectivity index (χ2v) is 6.78. The first-order chi connectivity index (χ1) is 10.1. The predicted molar refractivity (Wildman–Crippen MR) is 89.3 cm³/mol. The first-order valence-corrected chi connectivity index (χ1v) is 7.92. The fraction of sp³-hybridized carbons (Fsp3) is 0.235. The Balaban J connectivity index is 1.83. The third-order valence-electron chi connectivity index (χ3n) is 3.47. The smallest absolute Gasteiger partial charge is 0.308 e. The van der Waals surface area contributed by atoms with E-state index in [9.17, 15) is 4.79 Å². The van der Waals surface area contributed by atoms with Crippen molar-refractivity contribution in [3.63, 3.8) is 0 Å². The number of hydrogen-bond acceptors (Lipinski definition) is 2. The van der Waals surface area contributed by atoms with Gasteiger partial charge in [-0.15, -0.1) is 11.8 Å². The quantitative estimate of drug-likeness (QED) is 0.839. The molecule has 0 bridgehead atoms. The van der Waals surface area contributed by atoms with Gasteiger partial charge in [0.05, 0.1) is 5.69 Å². The summed E-state index contributed by atoms with van der Waals surface area (Å²) < 4.78 is 0. The van der Waals surface area contributed by atoms with Gasteiger partial charge in [0.2, 0.25) is 0 Å². The molecule has 0 radical (unpaired) electrons. The molecule has 21 heavy (non-hydrogen) atoms. The molecular weight excluding hydrogens is 280 g/mol. The van der Waals surface area contributed by atoms with Crippen molar-refractivity contribution in [2.24, 2.45) is 0 Å². The summed E-state index contributed by atoms with van der Waals surface area (Å²) in [7, 11) is 0. The van der Waals surface area contributed by atoms with Gasteiger partial charge in [-0.2, -0.15) is 0 Å². The van der Waals surface area contributed by atoms with E-state index in [0.29, 0.717) is 5.25 Å². The first-order valence-electron chi connectivity index (χ1n) is 7.04. The van der Waals surface area contributed by atoms with Crippen LogP contribution in [0.2, 0.25) is 0 Å². The number of urea groups is 1.